The van der Waals surface area contributed by atoms with Crippen LogP contribution in [0.2, 0.25) is 0 Å². The molecular weight excluding hydrogens is 284 g/mol. The summed E-state index contributed by atoms with van der Waals surface area (Å²) in [6.07, 6.45) is 6.68. The molecule has 3 nitrogen and oxygen atoms in total. The smallest absolute Gasteiger partial charge is 0.0771 e. The molecule has 2 bridgehead atoms. The summed E-state index contributed by atoms with van der Waals surface area (Å²) < 4.78 is 5.96. The van der Waals surface area contributed by atoms with Gasteiger partial charge in [0.05, 0.1) is 17.7 Å². The van der Waals surface area contributed by atoms with Gasteiger partial charge in [0.2, 0.25) is 0 Å². The van der Waals surface area contributed by atoms with Crippen molar-refractivity contribution in [1.29, 1.82) is 0 Å². The highest BCUT2D eigenvalue weighted by Gasteiger charge is 2.42. The quantitative estimate of drug-likeness (QED) is 0.806. The van der Waals surface area contributed by atoms with E-state index in [0.717, 1.165) is 25.0 Å². The summed E-state index contributed by atoms with van der Waals surface area (Å²) in [5.41, 5.74) is 2.42. The van der Waals surface area contributed by atoms with E-state index in [0.29, 0.717) is 17.9 Å². The summed E-state index contributed by atoms with van der Waals surface area (Å²) in [6, 6.07) is 10.9. The molecule has 3 aliphatic heterocycles. The monoisotopic (exact) mass is 308 g/mol. The first-order valence-electron chi connectivity index (χ1n) is 8.55. The third kappa shape index (κ3) is 2.48. The lowest BCUT2D eigenvalue weighted by molar-refractivity contribution is 0.0263. The Hall–Kier alpha value is -1.71. The zero-order valence-electron chi connectivity index (χ0n) is 13.7. The van der Waals surface area contributed by atoms with Crippen molar-refractivity contribution in [3.05, 3.63) is 54.7 Å². The summed E-state index contributed by atoms with van der Waals surface area (Å²) in [5.74, 6) is 1.28. The lowest BCUT2D eigenvalue weighted by Gasteiger charge is -2.37. The fourth-order valence-corrected chi connectivity index (χ4v) is 4.53. The highest BCUT2D eigenvalue weighted by molar-refractivity contribution is 5.82. The summed E-state index contributed by atoms with van der Waals surface area (Å²) in [4.78, 5) is 7.13. The molecule has 5 atom stereocenters. The zero-order valence-corrected chi connectivity index (χ0v) is 13.7. The van der Waals surface area contributed by atoms with E-state index in [1.54, 1.807) is 0 Å². The van der Waals surface area contributed by atoms with Crippen LogP contribution in [-0.2, 0) is 4.74 Å². The van der Waals surface area contributed by atoms with Gasteiger partial charge < -0.3 is 4.74 Å². The molecule has 3 heteroatoms. The summed E-state index contributed by atoms with van der Waals surface area (Å²) >= 11 is 0. The average molecular weight is 308 g/mol. The van der Waals surface area contributed by atoms with E-state index in [1.807, 2.05) is 13.3 Å². The van der Waals surface area contributed by atoms with Gasteiger partial charge in [0.15, 0.2) is 0 Å². The molecule has 3 saturated heterocycles. The van der Waals surface area contributed by atoms with E-state index in [9.17, 15) is 0 Å². The first-order valence-corrected chi connectivity index (χ1v) is 8.55. The maximum absolute atomic E-state index is 5.96. The van der Waals surface area contributed by atoms with Gasteiger partial charge in [-0.2, -0.15) is 0 Å². The number of rotatable bonds is 3. The van der Waals surface area contributed by atoms with Gasteiger partial charge in [0, 0.05) is 25.2 Å². The van der Waals surface area contributed by atoms with E-state index < -0.39 is 0 Å². The van der Waals surface area contributed by atoms with Crippen LogP contribution in [0.3, 0.4) is 0 Å². The number of pyridine rings is 1. The third-order valence-corrected chi connectivity index (χ3v) is 5.73. The van der Waals surface area contributed by atoms with Crippen molar-refractivity contribution in [2.75, 3.05) is 20.2 Å². The molecule has 23 heavy (non-hydrogen) atoms. The second-order valence-electron chi connectivity index (χ2n) is 6.82. The molecule has 0 aliphatic carbocycles. The fraction of sp³-hybridized carbons (Fsp3) is 0.450. The number of fused-ring (bicyclic) bond motifs is 5. The minimum atomic E-state index is 0.234. The molecule has 0 N–H and O–H groups in total. The SMILES string of the molecule is C=C[C@H]1CN2CC[C@H]1C[C@H](OC)[C@@H]2c1ccnc2ccccc12. The van der Waals surface area contributed by atoms with Crippen molar-refractivity contribution in [2.45, 2.75) is 25.0 Å². The van der Waals surface area contributed by atoms with Crippen molar-refractivity contribution >= 4 is 10.9 Å². The molecule has 1 unspecified atom stereocenters. The van der Waals surface area contributed by atoms with Crippen LogP contribution >= 0.6 is 0 Å². The maximum atomic E-state index is 5.96. The molecule has 3 aliphatic rings. The van der Waals surface area contributed by atoms with Gasteiger partial charge in [-0.1, -0.05) is 24.3 Å². The number of benzene rings is 1. The topological polar surface area (TPSA) is 25.4 Å². The molecular formula is C20H24N2O. The molecule has 1 aromatic carbocycles. The first kappa shape index (κ1) is 14.9. The molecule has 3 fully saturated rings. The summed E-state index contributed by atoms with van der Waals surface area (Å²) in [5, 5.41) is 1.25. The van der Waals surface area contributed by atoms with Crippen LogP contribution in [0, 0.1) is 11.8 Å². The van der Waals surface area contributed by atoms with Crippen LogP contribution in [0.4, 0.5) is 0 Å². The van der Waals surface area contributed by atoms with Gasteiger partial charge in [0.1, 0.15) is 0 Å². The van der Waals surface area contributed by atoms with Crippen molar-refractivity contribution in [2.24, 2.45) is 11.8 Å². The van der Waals surface area contributed by atoms with Crippen molar-refractivity contribution in [3.63, 3.8) is 0 Å². The lowest BCUT2D eigenvalue weighted by atomic mass is 9.84. The number of methoxy groups -OCH3 is 1. The van der Waals surface area contributed by atoms with Gasteiger partial charge in [-0.05, 0) is 48.9 Å². The molecule has 1 aromatic heterocycles. The Bertz CT molecular complexity index is 708. The third-order valence-electron chi connectivity index (χ3n) is 5.73. The minimum Gasteiger partial charge on any atom is -0.379 e. The van der Waals surface area contributed by atoms with Crippen LogP contribution < -0.4 is 0 Å². The Balaban J connectivity index is 1.83. The van der Waals surface area contributed by atoms with Crippen LogP contribution in [0.5, 0.6) is 0 Å². The Morgan fingerprint density at radius 2 is 2.17 bits per heavy atom. The number of ether oxygens (including phenoxy) is 1. The molecule has 0 spiro atoms. The van der Waals surface area contributed by atoms with Crippen LogP contribution in [0.15, 0.2) is 49.2 Å². The standard InChI is InChI=1S/C20H24N2O/c1-3-14-13-22-11-9-15(14)12-19(23-2)20(22)17-8-10-21-18-7-5-4-6-16(17)18/h3-8,10,14-15,19-20H,1,9,11-13H2,2H3/t14-,15-,19-,20-/m0/s1. The predicted molar refractivity (Wildman–Crippen MR) is 93.3 cm³/mol. The Labute approximate surface area is 138 Å². The number of nitrogens with zero attached hydrogens (tertiary/aromatic N) is 2. The number of piperidine rings is 1. The average Bonchev–Trinajstić information content (AvgIpc) is 2.88. The highest BCUT2D eigenvalue weighted by Crippen LogP contribution is 2.43. The number of hydrogen-bond donors (Lipinski definition) is 0. The Kier molecular flexibility index (Phi) is 3.92. The fourth-order valence-electron chi connectivity index (χ4n) is 4.53. The molecule has 2 aromatic rings. The Morgan fingerprint density at radius 3 is 3.00 bits per heavy atom. The van der Waals surface area contributed by atoms with Crippen LogP contribution in [0.25, 0.3) is 10.9 Å². The molecule has 0 amide bonds. The molecule has 120 valence electrons. The largest absolute Gasteiger partial charge is 0.379 e. The second kappa shape index (κ2) is 6.06. The number of para-hydroxylation sites is 1. The molecule has 4 heterocycles. The van der Waals surface area contributed by atoms with Crippen molar-refractivity contribution < 1.29 is 4.74 Å². The minimum absolute atomic E-state index is 0.234. The normalized spacial score (nSPS) is 33.5. The highest BCUT2D eigenvalue weighted by atomic mass is 16.5. The van der Waals surface area contributed by atoms with E-state index >= 15 is 0 Å². The van der Waals surface area contributed by atoms with Gasteiger partial charge in [-0.15, -0.1) is 6.58 Å². The molecule has 0 radical (unpaired) electrons. The van der Waals surface area contributed by atoms with Crippen LogP contribution in [-0.4, -0.2) is 36.2 Å². The van der Waals surface area contributed by atoms with Gasteiger partial charge >= 0.3 is 0 Å². The first-order chi connectivity index (χ1) is 11.3. The van der Waals surface area contributed by atoms with E-state index in [1.165, 1.54) is 17.4 Å². The van der Waals surface area contributed by atoms with Crippen LogP contribution in [0.1, 0.15) is 24.4 Å². The zero-order chi connectivity index (χ0) is 15.8. The van der Waals surface area contributed by atoms with E-state index in [2.05, 4.69) is 52.9 Å². The van der Waals surface area contributed by atoms with Gasteiger partial charge in [-0.25, -0.2) is 0 Å². The lowest BCUT2D eigenvalue weighted by Crippen LogP contribution is -2.40. The predicted octanol–water partition coefficient (Wildman–Crippen LogP) is 3.82. The number of hydrogen-bond acceptors (Lipinski definition) is 3. The Morgan fingerprint density at radius 1 is 1.30 bits per heavy atom. The van der Waals surface area contributed by atoms with E-state index in [-0.39, 0.29) is 6.10 Å². The summed E-state index contributed by atoms with van der Waals surface area (Å²) in [7, 11) is 1.86. The van der Waals surface area contributed by atoms with Crippen molar-refractivity contribution in [3.8, 4) is 0 Å². The van der Waals surface area contributed by atoms with Crippen molar-refractivity contribution in [1.82, 2.24) is 9.88 Å². The van der Waals surface area contributed by atoms with Gasteiger partial charge in [0.25, 0.3) is 0 Å². The second-order valence-corrected chi connectivity index (χ2v) is 6.82. The van der Waals surface area contributed by atoms with Gasteiger partial charge in [-0.3, -0.25) is 9.88 Å². The summed E-state index contributed by atoms with van der Waals surface area (Å²) in [6.45, 7) is 6.31. The number of aromatic nitrogens is 1. The maximum Gasteiger partial charge on any atom is 0.0771 e. The molecule has 0 saturated carbocycles. The molecule has 5 rings (SSSR count). The van der Waals surface area contributed by atoms with E-state index in [4.69, 9.17) is 4.74 Å².